The van der Waals surface area contributed by atoms with Gasteiger partial charge in [-0.25, -0.2) is 13.2 Å². The Morgan fingerprint density at radius 3 is 2.43 bits per heavy atom. The molecular formula is C20H20N2O7S. The number of rotatable bonds is 8. The Labute approximate surface area is 173 Å². The Morgan fingerprint density at radius 1 is 1.20 bits per heavy atom. The third kappa shape index (κ3) is 5.20. The monoisotopic (exact) mass is 432 g/mol. The number of benzene rings is 2. The summed E-state index contributed by atoms with van der Waals surface area (Å²) < 4.78 is 28.3. The number of esters is 1. The van der Waals surface area contributed by atoms with Crippen LogP contribution in [0.4, 0.5) is 5.69 Å². The highest BCUT2D eigenvalue weighted by Gasteiger charge is 2.33. The summed E-state index contributed by atoms with van der Waals surface area (Å²) >= 11 is 0. The van der Waals surface area contributed by atoms with Crippen molar-refractivity contribution in [2.45, 2.75) is 23.8 Å². The number of ether oxygens (including phenoxy) is 1. The average molecular weight is 432 g/mol. The van der Waals surface area contributed by atoms with Gasteiger partial charge in [0.05, 0.1) is 16.5 Å². The molecule has 3 rings (SSSR count). The molecule has 1 unspecified atom stereocenters. The first-order valence-electron chi connectivity index (χ1n) is 9.16. The van der Waals surface area contributed by atoms with E-state index in [9.17, 15) is 28.1 Å². The predicted molar refractivity (Wildman–Crippen MR) is 107 cm³/mol. The second-order valence-electron chi connectivity index (χ2n) is 7.08. The van der Waals surface area contributed by atoms with Crippen LogP contribution in [0.5, 0.6) is 0 Å². The summed E-state index contributed by atoms with van der Waals surface area (Å²) in [5.41, 5.74) is 0.0182. The van der Waals surface area contributed by atoms with Crippen molar-refractivity contribution in [3.8, 4) is 0 Å². The molecule has 1 aliphatic carbocycles. The number of nitro benzene ring substituents is 1. The van der Waals surface area contributed by atoms with Gasteiger partial charge in [-0.1, -0.05) is 30.3 Å². The molecule has 30 heavy (non-hydrogen) atoms. The molecular weight excluding hydrogens is 412 g/mol. The summed E-state index contributed by atoms with van der Waals surface area (Å²) in [4.78, 5) is 34.3. The number of carbonyl (C=O) groups is 2. The molecule has 1 fully saturated rings. The Balaban J connectivity index is 1.66. The van der Waals surface area contributed by atoms with Crippen LogP contribution >= 0.6 is 0 Å². The van der Waals surface area contributed by atoms with E-state index >= 15 is 0 Å². The van der Waals surface area contributed by atoms with E-state index in [1.54, 1.807) is 0 Å². The van der Waals surface area contributed by atoms with Gasteiger partial charge in [0.15, 0.2) is 16.4 Å². The molecule has 0 heterocycles. The van der Waals surface area contributed by atoms with Crippen molar-refractivity contribution in [2.75, 3.05) is 12.9 Å². The minimum Gasteiger partial charge on any atom is -0.452 e. The molecule has 1 N–H and O–H groups in total. The smallest absolute Gasteiger partial charge is 0.338 e. The van der Waals surface area contributed by atoms with E-state index in [4.69, 9.17) is 4.74 Å². The lowest BCUT2D eigenvalue weighted by Crippen LogP contribution is -2.33. The fourth-order valence-corrected chi connectivity index (χ4v) is 3.92. The molecule has 0 bridgehead atoms. The topological polar surface area (TPSA) is 133 Å². The van der Waals surface area contributed by atoms with Crippen molar-refractivity contribution in [2.24, 2.45) is 5.92 Å². The number of nitrogens with one attached hydrogen (secondary N) is 1. The standard InChI is InChI=1S/C20H20N2O7S/c1-30(27,28)17-10-9-15(11-16(17)22(25)26)20(24)29-12-18(23)21-19(14-7-8-14)13-5-3-2-4-6-13/h2-6,9-11,14,19H,7-8,12H2,1H3,(H,21,23). The van der Waals surface area contributed by atoms with Gasteiger partial charge in [0.1, 0.15) is 4.90 Å². The fourth-order valence-electron chi connectivity index (χ4n) is 3.09. The molecule has 0 spiro atoms. The van der Waals surface area contributed by atoms with Crippen molar-refractivity contribution in [3.63, 3.8) is 0 Å². The van der Waals surface area contributed by atoms with Gasteiger partial charge in [-0.05, 0) is 36.5 Å². The van der Waals surface area contributed by atoms with Crippen LogP contribution in [-0.4, -0.2) is 38.1 Å². The van der Waals surface area contributed by atoms with E-state index < -0.39 is 43.8 Å². The van der Waals surface area contributed by atoms with Gasteiger partial charge in [0.2, 0.25) is 0 Å². The van der Waals surface area contributed by atoms with Crippen LogP contribution in [0.3, 0.4) is 0 Å². The maximum absolute atomic E-state index is 12.3. The largest absolute Gasteiger partial charge is 0.452 e. The van der Waals surface area contributed by atoms with Gasteiger partial charge < -0.3 is 10.1 Å². The highest BCUT2D eigenvalue weighted by Crippen LogP contribution is 2.40. The third-order valence-corrected chi connectivity index (χ3v) is 5.84. The van der Waals surface area contributed by atoms with E-state index in [-0.39, 0.29) is 11.6 Å². The number of hydrogen-bond donors (Lipinski definition) is 1. The van der Waals surface area contributed by atoms with E-state index in [1.807, 2.05) is 30.3 Å². The molecule has 10 heteroatoms. The zero-order valence-corrected chi connectivity index (χ0v) is 16.9. The zero-order chi connectivity index (χ0) is 21.9. The maximum Gasteiger partial charge on any atom is 0.338 e. The van der Waals surface area contributed by atoms with Crippen LogP contribution in [0.1, 0.15) is 34.8 Å². The van der Waals surface area contributed by atoms with Crippen LogP contribution in [0.2, 0.25) is 0 Å². The molecule has 1 aliphatic rings. The number of carbonyl (C=O) groups excluding carboxylic acids is 2. The van der Waals surface area contributed by atoms with Gasteiger partial charge in [0.25, 0.3) is 11.6 Å². The predicted octanol–water partition coefficient (Wildman–Crippen LogP) is 2.42. The highest BCUT2D eigenvalue weighted by molar-refractivity contribution is 7.90. The minimum absolute atomic E-state index is 0.174. The normalized spacial score (nSPS) is 14.6. The molecule has 158 valence electrons. The second-order valence-corrected chi connectivity index (χ2v) is 9.07. The molecule has 1 amide bonds. The lowest BCUT2D eigenvalue weighted by atomic mass is 10.0. The summed E-state index contributed by atoms with van der Waals surface area (Å²) in [5, 5.41) is 14.0. The second kappa shape index (κ2) is 8.62. The molecule has 2 aromatic carbocycles. The molecule has 1 saturated carbocycles. The molecule has 0 aromatic heterocycles. The molecule has 9 nitrogen and oxygen atoms in total. The molecule has 0 radical (unpaired) electrons. The molecule has 0 aliphatic heterocycles. The van der Waals surface area contributed by atoms with Crippen LogP contribution in [0.15, 0.2) is 53.4 Å². The van der Waals surface area contributed by atoms with Crippen LogP contribution in [0, 0.1) is 16.0 Å². The van der Waals surface area contributed by atoms with Gasteiger partial charge >= 0.3 is 5.97 Å². The number of hydrogen-bond acceptors (Lipinski definition) is 7. The molecule has 1 atom stereocenters. The highest BCUT2D eigenvalue weighted by atomic mass is 32.2. The minimum atomic E-state index is -3.85. The molecule has 2 aromatic rings. The SMILES string of the molecule is CS(=O)(=O)c1ccc(C(=O)OCC(=O)NC(c2ccccc2)C2CC2)cc1[N+](=O)[O-]. The van der Waals surface area contributed by atoms with Gasteiger partial charge in [-0.3, -0.25) is 14.9 Å². The maximum atomic E-state index is 12.3. The third-order valence-electron chi connectivity index (χ3n) is 4.69. The van der Waals surface area contributed by atoms with Crippen molar-refractivity contribution >= 4 is 27.4 Å². The van der Waals surface area contributed by atoms with E-state index in [1.165, 1.54) is 0 Å². The van der Waals surface area contributed by atoms with Crippen molar-refractivity contribution in [1.82, 2.24) is 5.32 Å². The zero-order valence-electron chi connectivity index (χ0n) is 16.1. The molecule has 0 saturated heterocycles. The van der Waals surface area contributed by atoms with Crippen LogP contribution < -0.4 is 5.32 Å². The fraction of sp³-hybridized carbons (Fsp3) is 0.300. The van der Waals surface area contributed by atoms with Gasteiger partial charge in [-0.2, -0.15) is 0 Å². The summed E-state index contributed by atoms with van der Waals surface area (Å²) in [7, 11) is -3.85. The Morgan fingerprint density at radius 2 is 1.87 bits per heavy atom. The average Bonchev–Trinajstić information content (AvgIpc) is 3.54. The van der Waals surface area contributed by atoms with E-state index in [2.05, 4.69) is 5.32 Å². The summed E-state index contributed by atoms with van der Waals surface area (Å²) in [6.45, 7) is -0.559. The van der Waals surface area contributed by atoms with Crippen LogP contribution in [0.25, 0.3) is 0 Å². The lowest BCUT2D eigenvalue weighted by molar-refractivity contribution is -0.387. The summed E-state index contributed by atoms with van der Waals surface area (Å²) in [6, 6.07) is 12.2. The number of sulfone groups is 1. The van der Waals surface area contributed by atoms with Crippen molar-refractivity contribution < 1.29 is 27.7 Å². The summed E-state index contributed by atoms with van der Waals surface area (Å²) in [6.07, 6.45) is 2.83. The number of nitro groups is 1. The number of nitrogens with zero attached hydrogens (tertiary/aromatic N) is 1. The quantitative estimate of drug-likeness (QED) is 0.385. The van der Waals surface area contributed by atoms with Crippen LogP contribution in [-0.2, 0) is 19.4 Å². The first-order valence-corrected chi connectivity index (χ1v) is 11.1. The van der Waals surface area contributed by atoms with E-state index in [0.29, 0.717) is 5.92 Å². The Kier molecular flexibility index (Phi) is 6.16. The first kappa shape index (κ1) is 21.4. The summed E-state index contributed by atoms with van der Waals surface area (Å²) in [5.74, 6) is -1.12. The van der Waals surface area contributed by atoms with E-state index in [0.717, 1.165) is 42.9 Å². The first-order chi connectivity index (χ1) is 14.2. The lowest BCUT2D eigenvalue weighted by Gasteiger charge is -2.18. The Bertz CT molecular complexity index is 1080. The van der Waals surface area contributed by atoms with Gasteiger partial charge in [0, 0.05) is 12.3 Å². The Hall–Kier alpha value is -3.27. The van der Waals surface area contributed by atoms with Crippen molar-refractivity contribution in [3.05, 3.63) is 69.8 Å². The van der Waals surface area contributed by atoms with Crippen molar-refractivity contribution in [1.29, 1.82) is 0 Å². The van der Waals surface area contributed by atoms with Gasteiger partial charge in [-0.15, -0.1) is 0 Å². The number of amides is 1.